The molecule has 0 aliphatic carbocycles. The number of rotatable bonds is 6. The number of methoxy groups -OCH3 is 1. The van der Waals surface area contributed by atoms with Crippen molar-refractivity contribution in [1.82, 2.24) is 0 Å². The number of amides is 1. The Bertz CT molecular complexity index is 1060. The molecule has 0 radical (unpaired) electrons. The number of anilines is 1. The first-order chi connectivity index (χ1) is 13.9. The zero-order chi connectivity index (χ0) is 21.0. The van der Waals surface area contributed by atoms with Crippen LogP contribution in [0.25, 0.3) is 11.0 Å². The van der Waals surface area contributed by atoms with E-state index < -0.39 is 24.5 Å². The summed E-state index contributed by atoms with van der Waals surface area (Å²) in [6.07, 6.45) is 1.55. The number of fused-ring (bicyclic) bond motifs is 1. The van der Waals surface area contributed by atoms with Gasteiger partial charge >= 0.3 is 11.9 Å². The average Bonchev–Trinajstić information content (AvgIpc) is 3.12. The minimum absolute atomic E-state index is 0.0105. The number of carbonyl (C=O) groups is 3. The summed E-state index contributed by atoms with van der Waals surface area (Å²) in [7, 11) is 1.29. The molecule has 7 nitrogen and oxygen atoms in total. The summed E-state index contributed by atoms with van der Waals surface area (Å²) in [5.74, 6) is -1.47. The van der Waals surface area contributed by atoms with Crippen LogP contribution in [0.4, 0.5) is 5.69 Å². The molecule has 0 saturated heterocycles. The smallest absolute Gasteiger partial charge is 0.337 e. The summed E-state index contributed by atoms with van der Waals surface area (Å²) < 4.78 is 15.3. The highest BCUT2D eigenvalue weighted by Crippen LogP contribution is 2.26. The first-order valence-corrected chi connectivity index (χ1v) is 8.99. The summed E-state index contributed by atoms with van der Waals surface area (Å²) in [5.41, 5.74) is 4.45. The first-order valence-electron chi connectivity index (χ1n) is 8.99. The highest BCUT2D eigenvalue weighted by atomic mass is 16.5. The van der Waals surface area contributed by atoms with Crippen LogP contribution in [0.15, 0.2) is 47.1 Å². The molecule has 0 fully saturated rings. The van der Waals surface area contributed by atoms with Crippen LogP contribution in [0.5, 0.6) is 0 Å². The predicted molar refractivity (Wildman–Crippen MR) is 107 cm³/mol. The molecule has 1 heterocycles. The first kappa shape index (κ1) is 20.1. The van der Waals surface area contributed by atoms with Crippen molar-refractivity contribution in [2.75, 3.05) is 19.0 Å². The molecule has 0 aliphatic rings. The quantitative estimate of drug-likeness (QED) is 0.641. The Morgan fingerprint density at radius 2 is 1.76 bits per heavy atom. The second kappa shape index (κ2) is 8.60. The second-order valence-corrected chi connectivity index (χ2v) is 6.60. The van der Waals surface area contributed by atoms with Crippen LogP contribution >= 0.6 is 0 Å². The summed E-state index contributed by atoms with van der Waals surface area (Å²) in [6, 6.07) is 10.1. The van der Waals surface area contributed by atoms with Gasteiger partial charge in [-0.25, -0.2) is 4.79 Å². The summed E-state index contributed by atoms with van der Waals surface area (Å²) in [6.45, 7) is 3.55. The number of benzene rings is 2. The summed E-state index contributed by atoms with van der Waals surface area (Å²) >= 11 is 0. The van der Waals surface area contributed by atoms with Crippen LogP contribution in [0.1, 0.15) is 27.0 Å². The minimum Gasteiger partial charge on any atom is -0.465 e. The third-order valence-electron chi connectivity index (χ3n) is 4.63. The van der Waals surface area contributed by atoms with Crippen LogP contribution in [-0.4, -0.2) is 31.6 Å². The van der Waals surface area contributed by atoms with Crippen molar-refractivity contribution in [3.63, 3.8) is 0 Å². The molecule has 0 spiro atoms. The van der Waals surface area contributed by atoms with Crippen molar-refractivity contribution < 1.29 is 28.3 Å². The second-order valence-electron chi connectivity index (χ2n) is 6.60. The third-order valence-corrected chi connectivity index (χ3v) is 4.63. The van der Waals surface area contributed by atoms with Crippen LogP contribution < -0.4 is 5.32 Å². The topological polar surface area (TPSA) is 94.8 Å². The highest BCUT2D eigenvalue weighted by Gasteiger charge is 2.15. The molecular weight excluding hydrogens is 374 g/mol. The Morgan fingerprint density at radius 3 is 2.45 bits per heavy atom. The maximum atomic E-state index is 12.1. The van der Waals surface area contributed by atoms with Gasteiger partial charge in [0.05, 0.1) is 25.4 Å². The van der Waals surface area contributed by atoms with E-state index in [1.54, 1.807) is 18.4 Å². The summed E-state index contributed by atoms with van der Waals surface area (Å²) in [5, 5.41) is 3.46. The number of nitrogens with one attached hydrogen (secondary N) is 1. The maximum Gasteiger partial charge on any atom is 0.337 e. The van der Waals surface area contributed by atoms with Crippen molar-refractivity contribution in [3.8, 4) is 0 Å². The fraction of sp³-hybridized carbons (Fsp3) is 0.227. The van der Waals surface area contributed by atoms with E-state index in [1.807, 2.05) is 26.0 Å². The van der Waals surface area contributed by atoms with Gasteiger partial charge in [-0.05, 0) is 49.2 Å². The van der Waals surface area contributed by atoms with Crippen molar-refractivity contribution in [2.45, 2.75) is 20.3 Å². The number of carbonyl (C=O) groups excluding carboxylic acids is 3. The molecule has 1 amide bonds. The molecule has 3 aromatic rings. The Morgan fingerprint density at radius 1 is 1.03 bits per heavy atom. The van der Waals surface area contributed by atoms with Gasteiger partial charge in [-0.1, -0.05) is 12.1 Å². The van der Waals surface area contributed by atoms with Crippen LogP contribution in [-0.2, 0) is 25.5 Å². The Labute approximate surface area is 167 Å². The molecular formula is C22H21NO6. The van der Waals surface area contributed by atoms with E-state index in [1.165, 1.54) is 19.2 Å². The van der Waals surface area contributed by atoms with Crippen molar-refractivity contribution in [3.05, 3.63) is 64.9 Å². The molecule has 3 rings (SSSR count). The number of aryl methyl sites for hydroxylation is 2. The van der Waals surface area contributed by atoms with Gasteiger partial charge in [-0.3, -0.25) is 9.59 Å². The van der Waals surface area contributed by atoms with E-state index in [9.17, 15) is 14.4 Å². The SMILES string of the molecule is COC(=O)c1ccc(NC(=O)COC(=O)Cc2coc3c(C)c(C)ccc23)cc1. The molecule has 0 aliphatic heterocycles. The molecule has 2 aromatic carbocycles. The summed E-state index contributed by atoms with van der Waals surface area (Å²) in [4.78, 5) is 35.5. The van der Waals surface area contributed by atoms with E-state index >= 15 is 0 Å². The molecule has 0 atom stereocenters. The van der Waals surface area contributed by atoms with E-state index in [0.717, 1.165) is 22.1 Å². The number of ether oxygens (including phenoxy) is 2. The average molecular weight is 395 g/mol. The standard InChI is InChI=1S/C22H21NO6/c1-13-4-9-18-16(11-29-21(18)14(13)2)10-20(25)28-12-19(24)23-17-7-5-15(6-8-17)22(26)27-3/h4-9,11H,10,12H2,1-3H3,(H,23,24). The van der Waals surface area contributed by atoms with Crippen molar-refractivity contribution >= 4 is 34.5 Å². The van der Waals surface area contributed by atoms with Crippen LogP contribution in [0.3, 0.4) is 0 Å². The van der Waals surface area contributed by atoms with Gasteiger partial charge in [0, 0.05) is 16.6 Å². The lowest BCUT2D eigenvalue weighted by Gasteiger charge is -2.07. The van der Waals surface area contributed by atoms with E-state index in [4.69, 9.17) is 9.15 Å². The van der Waals surface area contributed by atoms with Gasteiger partial charge in [0.1, 0.15) is 5.58 Å². The lowest BCUT2D eigenvalue weighted by molar-refractivity contribution is -0.146. The normalized spacial score (nSPS) is 10.6. The fourth-order valence-corrected chi connectivity index (χ4v) is 2.88. The lowest BCUT2D eigenvalue weighted by atomic mass is 10.0. The molecule has 7 heteroatoms. The molecule has 1 aromatic heterocycles. The molecule has 0 bridgehead atoms. The van der Waals surface area contributed by atoms with E-state index in [0.29, 0.717) is 16.8 Å². The molecule has 0 saturated carbocycles. The van der Waals surface area contributed by atoms with E-state index in [2.05, 4.69) is 10.1 Å². The molecule has 29 heavy (non-hydrogen) atoms. The van der Waals surface area contributed by atoms with Crippen molar-refractivity contribution in [2.24, 2.45) is 0 Å². The third kappa shape index (κ3) is 4.63. The molecule has 1 N–H and O–H groups in total. The number of esters is 2. The van der Waals surface area contributed by atoms with Gasteiger partial charge < -0.3 is 19.2 Å². The fourth-order valence-electron chi connectivity index (χ4n) is 2.88. The number of furan rings is 1. The van der Waals surface area contributed by atoms with E-state index in [-0.39, 0.29) is 6.42 Å². The van der Waals surface area contributed by atoms with Crippen LogP contribution in [0, 0.1) is 13.8 Å². The Balaban J connectivity index is 1.53. The Hall–Kier alpha value is -3.61. The largest absolute Gasteiger partial charge is 0.465 e. The van der Waals surface area contributed by atoms with Gasteiger partial charge in [0.2, 0.25) is 0 Å². The molecule has 150 valence electrons. The Kier molecular flexibility index (Phi) is 5.97. The molecule has 0 unspecified atom stereocenters. The monoisotopic (exact) mass is 395 g/mol. The van der Waals surface area contributed by atoms with Crippen molar-refractivity contribution in [1.29, 1.82) is 0 Å². The number of hydrogen-bond donors (Lipinski definition) is 1. The number of hydrogen-bond acceptors (Lipinski definition) is 6. The lowest BCUT2D eigenvalue weighted by Crippen LogP contribution is -2.21. The van der Waals surface area contributed by atoms with Gasteiger partial charge in [-0.15, -0.1) is 0 Å². The maximum absolute atomic E-state index is 12.1. The van der Waals surface area contributed by atoms with Gasteiger partial charge in [0.25, 0.3) is 5.91 Å². The minimum atomic E-state index is -0.526. The van der Waals surface area contributed by atoms with Gasteiger partial charge in [-0.2, -0.15) is 0 Å². The van der Waals surface area contributed by atoms with Crippen LogP contribution in [0.2, 0.25) is 0 Å². The highest BCUT2D eigenvalue weighted by molar-refractivity contribution is 5.95. The van der Waals surface area contributed by atoms with Gasteiger partial charge in [0.15, 0.2) is 6.61 Å². The predicted octanol–water partition coefficient (Wildman–Crippen LogP) is 3.56. The zero-order valence-corrected chi connectivity index (χ0v) is 16.4. The zero-order valence-electron chi connectivity index (χ0n) is 16.4.